The molecule has 1 N–H and O–H groups in total. The summed E-state index contributed by atoms with van der Waals surface area (Å²) in [5.74, 6) is 1.01. The molecular weight excluding hydrogens is 282 g/mol. The van der Waals surface area contributed by atoms with E-state index in [2.05, 4.69) is 16.9 Å². The lowest BCUT2D eigenvalue weighted by molar-refractivity contribution is -0.117. The van der Waals surface area contributed by atoms with Gasteiger partial charge in [0.1, 0.15) is 17.2 Å². The van der Waals surface area contributed by atoms with E-state index in [-0.39, 0.29) is 11.8 Å². The van der Waals surface area contributed by atoms with Crippen LogP contribution in [0.5, 0.6) is 0 Å². The predicted molar refractivity (Wildman–Crippen MR) is 84.8 cm³/mol. The molecule has 118 valence electrons. The van der Waals surface area contributed by atoms with Crippen molar-refractivity contribution < 1.29 is 14.3 Å². The van der Waals surface area contributed by atoms with E-state index in [1.807, 2.05) is 0 Å². The number of nitrogens with one attached hydrogen (secondary N) is 1. The third-order valence-electron chi connectivity index (χ3n) is 3.13. The van der Waals surface area contributed by atoms with Gasteiger partial charge >= 0.3 is 6.09 Å². The fraction of sp³-hybridized carbons (Fsp3) is 0.438. The van der Waals surface area contributed by atoms with Gasteiger partial charge in [0.05, 0.1) is 0 Å². The number of carbonyl (C=O) groups is 2. The van der Waals surface area contributed by atoms with E-state index in [9.17, 15) is 9.59 Å². The van der Waals surface area contributed by atoms with E-state index in [1.54, 1.807) is 49.9 Å². The van der Waals surface area contributed by atoms with Gasteiger partial charge in [-0.05, 0) is 32.9 Å². The van der Waals surface area contributed by atoms with Crippen molar-refractivity contribution in [3.05, 3.63) is 30.9 Å². The second-order valence-electron chi connectivity index (χ2n) is 6.21. The van der Waals surface area contributed by atoms with Crippen molar-refractivity contribution in [2.45, 2.75) is 32.8 Å². The molecule has 0 spiro atoms. The minimum Gasteiger partial charge on any atom is -0.444 e. The van der Waals surface area contributed by atoms with Crippen molar-refractivity contribution in [2.75, 3.05) is 16.8 Å². The van der Waals surface area contributed by atoms with Crippen LogP contribution in [0.3, 0.4) is 0 Å². The lowest BCUT2D eigenvalue weighted by atomic mass is 10.1. The molecule has 1 aliphatic rings. The molecule has 0 saturated carbocycles. The smallest absolute Gasteiger partial charge is 0.413 e. The quantitative estimate of drug-likeness (QED) is 0.871. The van der Waals surface area contributed by atoms with E-state index in [0.717, 1.165) is 0 Å². The highest BCUT2D eigenvalue weighted by Crippen LogP contribution is 2.25. The number of aromatic nitrogens is 1. The summed E-state index contributed by atoms with van der Waals surface area (Å²) in [6.45, 7) is 9.64. The van der Waals surface area contributed by atoms with E-state index in [0.29, 0.717) is 24.6 Å². The molecule has 6 nitrogen and oxygen atoms in total. The van der Waals surface area contributed by atoms with Gasteiger partial charge in [-0.1, -0.05) is 12.1 Å². The molecule has 1 aromatic heterocycles. The maximum Gasteiger partial charge on any atom is 0.413 e. The number of hydrogen-bond acceptors (Lipinski definition) is 4. The van der Waals surface area contributed by atoms with Crippen molar-refractivity contribution in [2.24, 2.45) is 5.92 Å². The van der Waals surface area contributed by atoms with Crippen molar-refractivity contribution in [3.63, 3.8) is 0 Å². The second kappa shape index (κ2) is 6.17. The molecule has 1 aliphatic heterocycles. The monoisotopic (exact) mass is 303 g/mol. The van der Waals surface area contributed by atoms with E-state index >= 15 is 0 Å². The molecule has 0 radical (unpaired) electrons. The first kappa shape index (κ1) is 16.0. The van der Waals surface area contributed by atoms with Crippen LogP contribution in [0.25, 0.3) is 0 Å². The molecule has 6 heteroatoms. The fourth-order valence-electron chi connectivity index (χ4n) is 2.17. The zero-order valence-electron chi connectivity index (χ0n) is 13.1. The summed E-state index contributed by atoms with van der Waals surface area (Å²) < 4.78 is 5.18. The van der Waals surface area contributed by atoms with Crippen LogP contribution in [0.4, 0.5) is 16.4 Å². The molecule has 0 aromatic carbocycles. The first-order valence-corrected chi connectivity index (χ1v) is 7.18. The Hall–Kier alpha value is -2.37. The van der Waals surface area contributed by atoms with Crippen LogP contribution in [0.15, 0.2) is 30.9 Å². The maximum absolute atomic E-state index is 12.0. The van der Waals surface area contributed by atoms with E-state index in [1.165, 1.54) is 0 Å². The number of ether oxygens (including phenoxy) is 1. The Bertz CT molecular complexity index is 593. The average molecular weight is 303 g/mol. The van der Waals surface area contributed by atoms with Crippen molar-refractivity contribution in [1.82, 2.24) is 4.98 Å². The molecule has 1 fully saturated rings. The molecule has 2 heterocycles. The van der Waals surface area contributed by atoms with E-state index < -0.39 is 11.7 Å². The number of amides is 2. The van der Waals surface area contributed by atoms with E-state index in [4.69, 9.17) is 4.74 Å². The first-order valence-electron chi connectivity index (χ1n) is 7.18. The number of nitrogens with zero attached hydrogens (tertiary/aromatic N) is 2. The van der Waals surface area contributed by atoms with Gasteiger partial charge in [0.2, 0.25) is 5.91 Å². The Labute approximate surface area is 130 Å². The predicted octanol–water partition coefficient (Wildman–Crippen LogP) is 2.97. The van der Waals surface area contributed by atoms with Gasteiger partial charge in [0, 0.05) is 18.9 Å². The summed E-state index contributed by atoms with van der Waals surface area (Å²) in [5.41, 5.74) is -0.580. The summed E-state index contributed by atoms with van der Waals surface area (Å²) in [6, 6.07) is 5.13. The largest absolute Gasteiger partial charge is 0.444 e. The Balaban J connectivity index is 2.09. The molecule has 1 saturated heterocycles. The molecule has 1 atom stereocenters. The van der Waals surface area contributed by atoms with Crippen LogP contribution in [0.2, 0.25) is 0 Å². The highest BCUT2D eigenvalue weighted by atomic mass is 16.6. The van der Waals surface area contributed by atoms with Gasteiger partial charge in [0.25, 0.3) is 0 Å². The van der Waals surface area contributed by atoms with Crippen LogP contribution in [0, 0.1) is 5.92 Å². The van der Waals surface area contributed by atoms with Crippen LogP contribution >= 0.6 is 0 Å². The molecule has 22 heavy (non-hydrogen) atoms. The molecule has 1 aromatic rings. The Morgan fingerprint density at radius 1 is 1.50 bits per heavy atom. The third kappa shape index (κ3) is 4.07. The van der Waals surface area contributed by atoms with Gasteiger partial charge in [-0.3, -0.25) is 15.0 Å². The summed E-state index contributed by atoms with van der Waals surface area (Å²) in [4.78, 5) is 29.7. The highest BCUT2D eigenvalue weighted by molar-refractivity contribution is 5.95. The van der Waals surface area contributed by atoms with Crippen LogP contribution in [0.1, 0.15) is 27.2 Å². The molecule has 2 amide bonds. The topological polar surface area (TPSA) is 71.5 Å². The van der Waals surface area contributed by atoms with Gasteiger partial charge in [-0.15, -0.1) is 6.58 Å². The van der Waals surface area contributed by atoms with Crippen LogP contribution in [-0.2, 0) is 9.53 Å². The summed E-state index contributed by atoms with van der Waals surface area (Å²) in [6.07, 6.45) is 1.64. The minimum absolute atomic E-state index is 0.00631. The average Bonchev–Trinajstić information content (AvgIpc) is 2.78. The molecule has 0 bridgehead atoms. The second-order valence-corrected chi connectivity index (χ2v) is 6.21. The zero-order valence-corrected chi connectivity index (χ0v) is 13.1. The summed E-state index contributed by atoms with van der Waals surface area (Å²) in [5, 5.41) is 2.57. The Morgan fingerprint density at radius 3 is 2.82 bits per heavy atom. The van der Waals surface area contributed by atoms with Crippen LogP contribution < -0.4 is 10.2 Å². The van der Waals surface area contributed by atoms with Crippen LogP contribution in [-0.4, -0.2) is 29.1 Å². The van der Waals surface area contributed by atoms with Crippen molar-refractivity contribution in [3.8, 4) is 0 Å². The summed E-state index contributed by atoms with van der Waals surface area (Å²) in [7, 11) is 0. The van der Waals surface area contributed by atoms with Gasteiger partial charge in [-0.2, -0.15) is 0 Å². The number of rotatable bonds is 3. The molecule has 1 unspecified atom stereocenters. The molecular formula is C16H21N3O3. The highest BCUT2D eigenvalue weighted by Gasteiger charge is 2.29. The Morgan fingerprint density at radius 2 is 2.23 bits per heavy atom. The molecule has 2 rings (SSSR count). The zero-order chi connectivity index (χ0) is 16.3. The number of hydrogen-bond donors (Lipinski definition) is 1. The standard InChI is InChI=1S/C16H21N3O3/c1-5-11-9-14(20)19(10-11)13-8-6-7-12(17-13)18-15(21)22-16(2,3)4/h5-8,11H,1,9-10H2,2-4H3,(H,17,18,21). The lowest BCUT2D eigenvalue weighted by Gasteiger charge is -2.20. The van der Waals surface area contributed by atoms with Gasteiger partial charge < -0.3 is 4.74 Å². The van der Waals surface area contributed by atoms with Gasteiger partial charge in [0.15, 0.2) is 0 Å². The lowest BCUT2D eigenvalue weighted by Crippen LogP contribution is -2.28. The van der Waals surface area contributed by atoms with Crippen molar-refractivity contribution in [1.29, 1.82) is 0 Å². The third-order valence-corrected chi connectivity index (χ3v) is 3.13. The van der Waals surface area contributed by atoms with Crippen molar-refractivity contribution >= 4 is 23.6 Å². The first-order chi connectivity index (χ1) is 10.3. The number of anilines is 2. The normalized spacial score (nSPS) is 18.2. The number of carbonyl (C=O) groups excluding carboxylic acids is 2. The SMILES string of the molecule is C=CC1CC(=O)N(c2cccc(NC(=O)OC(C)(C)C)n2)C1. The maximum atomic E-state index is 12.0. The fourth-order valence-corrected chi connectivity index (χ4v) is 2.17. The Kier molecular flexibility index (Phi) is 4.49. The van der Waals surface area contributed by atoms with Gasteiger partial charge in [-0.25, -0.2) is 9.78 Å². The minimum atomic E-state index is -0.580. The summed E-state index contributed by atoms with van der Waals surface area (Å²) >= 11 is 0. The number of pyridine rings is 1. The molecule has 0 aliphatic carbocycles.